The second kappa shape index (κ2) is 6.67. The molecule has 1 aromatic carbocycles. The summed E-state index contributed by atoms with van der Waals surface area (Å²) in [5, 5.41) is 17.4. The molecule has 0 spiro atoms. The van der Waals surface area contributed by atoms with E-state index in [2.05, 4.69) is 20.8 Å². The molecule has 1 amide bonds. The minimum atomic E-state index is -0.0156. The standard InChI is InChI=1S/C19H21N5O/c20-11-14-6-8-16(9-7-14)19(25)24-10-2-1-3-17(24)18-22-21-13-23(18)12-15-4-5-15/h6-9,13,15,17H,1-5,10,12H2/t17-/m1/s1. The van der Waals surface area contributed by atoms with E-state index in [4.69, 9.17) is 5.26 Å². The molecule has 128 valence electrons. The first-order chi connectivity index (χ1) is 12.3. The van der Waals surface area contributed by atoms with E-state index in [0.717, 1.165) is 44.1 Å². The summed E-state index contributed by atoms with van der Waals surface area (Å²) in [7, 11) is 0. The molecule has 0 N–H and O–H groups in total. The fourth-order valence-electron chi connectivity index (χ4n) is 3.54. The molecule has 1 aromatic heterocycles. The molecule has 2 heterocycles. The van der Waals surface area contributed by atoms with E-state index >= 15 is 0 Å². The van der Waals surface area contributed by atoms with Crippen LogP contribution in [0.4, 0.5) is 0 Å². The minimum absolute atomic E-state index is 0.00941. The summed E-state index contributed by atoms with van der Waals surface area (Å²) in [6.45, 7) is 1.69. The molecular formula is C19H21N5O. The van der Waals surface area contributed by atoms with Crippen molar-refractivity contribution in [2.45, 2.75) is 44.7 Å². The fourth-order valence-corrected chi connectivity index (χ4v) is 3.54. The van der Waals surface area contributed by atoms with Crippen molar-refractivity contribution in [1.82, 2.24) is 19.7 Å². The number of hydrogen-bond acceptors (Lipinski definition) is 4. The number of aromatic nitrogens is 3. The van der Waals surface area contributed by atoms with Crippen LogP contribution >= 0.6 is 0 Å². The van der Waals surface area contributed by atoms with Gasteiger partial charge in [-0.25, -0.2) is 0 Å². The molecule has 6 nitrogen and oxygen atoms in total. The average molecular weight is 335 g/mol. The van der Waals surface area contributed by atoms with Crippen molar-refractivity contribution >= 4 is 5.91 Å². The smallest absolute Gasteiger partial charge is 0.254 e. The first-order valence-corrected chi connectivity index (χ1v) is 8.95. The Bertz CT molecular complexity index is 800. The molecule has 0 unspecified atom stereocenters. The number of rotatable bonds is 4. The third-order valence-electron chi connectivity index (χ3n) is 5.12. The van der Waals surface area contributed by atoms with Gasteiger partial charge in [0, 0.05) is 18.7 Å². The summed E-state index contributed by atoms with van der Waals surface area (Å²) in [6.07, 6.45) is 7.37. The second-order valence-corrected chi connectivity index (χ2v) is 6.98. The Morgan fingerprint density at radius 1 is 1.20 bits per heavy atom. The lowest BCUT2D eigenvalue weighted by atomic mass is 9.99. The summed E-state index contributed by atoms with van der Waals surface area (Å²) in [4.78, 5) is 15.0. The van der Waals surface area contributed by atoms with Gasteiger partial charge >= 0.3 is 0 Å². The van der Waals surface area contributed by atoms with Gasteiger partial charge in [0.1, 0.15) is 6.33 Å². The number of amides is 1. The largest absolute Gasteiger partial charge is 0.328 e. The molecule has 2 fully saturated rings. The van der Waals surface area contributed by atoms with E-state index in [1.54, 1.807) is 30.6 Å². The number of likely N-dealkylation sites (tertiary alicyclic amines) is 1. The number of carbonyl (C=O) groups is 1. The topological polar surface area (TPSA) is 74.8 Å². The van der Waals surface area contributed by atoms with Crippen molar-refractivity contribution in [3.05, 3.63) is 47.5 Å². The van der Waals surface area contributed by atoms with Gasteiger partial charge in [0.15, 0.2) is 5.82 Å². The molecular weight excluding hydrogens is 314 g/mol. The summed E-state index contributed by atoms with van der Waals surface area (Å²) in [5.74, 6) is 1.66. The van der Waals surface area contributed by atoms with Crippen LogP contribution in [0.1, 0.15) is 59.9 Å². The van der Waals surface area contributed by atoms with Crippen LogP contribution in [0, 0.1) is 17.2 Å². The fraction of sp³-hybridized carbons (Fsp3) is 0.474. The van der Waals surface area contributed by atoms with Gasteiger partial charge in [0.05, 0.1) is 17.7 Å². The molecule has 1 atom stereocenters. The zero-order valence-corrected chi connectivity index (χ0v) is 14.1. The molecule has 6 heteroatoms. The van der Waals surface area contributed by atoms with E-state index in [1.165, 1.54) is 12.8 Å². The van der Waals surface area contributed by atoms with Crippen molar-refractivity contribution in [2.75, 3.05) is 6.54 Å². The van der Waals surface area contributed by atoms with Crippen molar-refractivity contribution < 1.29 is 4.79 Å². The molecule has 4 rings (SSSR count). The number of carbonyl (C=O) groups excluding carboxylic acids is 1. The first kappa shape index (κ1) is 15.8. The van der Waals surface area contributed by atoms with Crippen LogP contribution in [0.3, 0.4) is 0 Å². The van der Waals surface area contributed by atoms with Gasteiger partial charge in [-0.3, -0.25) is 4.79 Å². The number of nitrogens with zero attached hydrogens (tertiary/aromatic N) is 5. The monoisotopic (exact) mass is 335 g/mol. The summed E-state index contributed by atoms with van der Waals surface area (Å²) in [5.41, 5.74) is 1.19. The highest BCUT2D eigenvalue weighted by Gasteiger charge is 2.33. The lowest BCUT2D eigenvalue weighted by Crippen LogP contribution is -2.39. The predicted molar refractivity (Wildman–Crippen MR) is 91.5 cm³/mol. The van der Waals surface area contributed by atoms with Crippen LogP contribution < -0.4 is 0 Å². The highest BCUT2D eigenvalue weighted by atomic mass is 16.2. The minimum Gasteiger partial charge on any atom is -0.328 e. The Labute approximate surface area is 147 Å². The molecule has 2 aromatic rings. The van der Waals surface area contributed by atoms with E-state index in [-0.39, 0.29) is 11.9 Å². The molecule has 0 bridgehead atoms. The van der Waals surface area contributed by atoms with E-state index < -0.39 is 0 Å². The normalized spacial score (nSPS) is 20.3. The van der Waals surface area contributed by atoms with Gasteiger partial charge in [-0.2, -0.15) is 5.26 Å². The molecule has 25 heavy (non-hydrogen) atoms. The summed E-state index contributed by atoms with van der Waals surface area (Å²) < 4.78 is 2.13. The van der Waals surface area contributed by atoms with Crippen LogP contribution in [-0.2, 0) is 6.54 Å². The van der Waals surface area contributed by atoms with E-state index in [1.807, 2.05) is 4.90 Å². The van der Waals surface area contributed by atoms with Crippen molar-refractivity contribution in [2.24, 2.45) is 5.92 Å². The Balaban J connectivity index is 1.59. The van der Waals surface area contributed by atoms with Gasteiger partial charge in [0.2, 0.25) is 0 Å². The molecule has 1 aliphatic heterocycles. The zero-order chi connectivity index (χ0) is 17.2. The maximum absolute atomic E-state index is 13.0. The Morgan fingerprint density at radius 2 is 2.00 bits per heavy atom. The van der Waals surface area contributed by atoms with Gasteiger partial charge in [-0.1, -0.05) is 0 Å². The van der Waals surface area contributed by atoms with Crippen LogP contribution in [0.15, 0.2) is 30.6 Å². The maximum Gasteiger partial charge on any atom is 0.254 e. The van der Waals surface area contributed by atoms with Crippen molar-refractivity contribution in [3.8, 4) is 6.07 Å². The van der Waals surface area contributed by atoms with Gasteiger partial charge < -0.3 is 9.47 Å². The molecule has 1 aliphatic carbocycles. The molecule has 0 radical (unpaired) electrons. The third kappa shape index (κ3) is 3.27. The average Bonchev–Trinajstić information content (AvgIpc) is 3.36. The third-order valence-corrected chi connectivity index (χ3v) is 5.12. The van der Waals surface area contributed by atoms with Crippen molar-refractivity contribution in [1.29, 1.82) is 5.26 Å². The Hall–Kier alpha value is -2.68. The summed E-state index contributed by atoms with van der Waals surface area (Å²) in [6, 6.07) is 8.94. The molecule has 2 aliphatic rings. The van der Waals surface area contributed by atoms with Gasteiger partial charge in [0.25, 0.3) is 5.91 Å². The Morgan fingerprint density at radius 3 is 2.72 bits per heavy atom. The zero-order valence-electron chi connectivity index (χ0n) is 14.1. The van der Waals surface area contributed by atoms with Gasteiger partial charge in [-0.15, -0.1) is 10.2 Å². The van der Waals surface area contributed by atoms with Crippen LogP contribution in [0.2, 0.25) is 0 Å². The first-order valence-electron chi connectivity index (χ1n) is 8.95. The van der Waals surface area contributed by atoms with Crippen molar-refractivity contribution in [3.63, 3.8) is 0 Å². The maximum atomic E-state index is 13.0. The number of hydrogen-bond donors (Lipinski definition) is 0. The van der Waals surface area contributed by atoms with E-state index in [9.17, 15) is 4.79 Å². The molecule has 1 saturated heterocycles. The number of nitriles is 1. The number of piperidine rings is 1. The van der Waals surface area contributed by atoms with Gasteiger partial charge in [-0.05, 0) is 62.3 Å². The van der Waals surface area contributed by atoms with E-state index in [0.29, 0.717) is 11.1 Å². The van der Waals surface area contributed by atoms with Crippen LogP contribution in [0.25, 0.3) is 0 Å². The highest BCUT2D eigenvalue weighted by Crippen LogP contribution is 2.34. The second-order valence-electron chi connectivity index (χ2n) is 6.98. The van der Waals surface area contributed by atoms with Crippen LogP contribution in [-0.4, -0.2) is 32.1 Å². The predicted octanol–water partition coefficient (Wildman–Crippen LogP) is 2.93. The molecule has 1 saturated carbocycles. The van der Waals surface area contributed by atoms with Crippen LogP contribution in [0.5, 0.6) is 0 Å². The summed E-state index contributed by atoms with van der Waals surface area (Å²) >= 11 is 0. The SMILES string of the molecule is N#Cc1ccc(C(=O)N2CCCC[C@@H]2c2nncn2CC2CC2)cc1. The highest BCUT2D eigenvalue weighted by molar-refractivity contribution is 5.94. The lowest BCUT2D eigenvalue weighted by Gasteiger charge is -2.35. The number of benzene rings is 1. The lowest BCUT2D eigenvalue weighted by molar-refractivity contribution is 0.0594. The Kier molecular flexibility index (Phi) is 4.22. The quantitative estimate of drug-likeness (QED) is 0.861.